The maximum atomic E-state index is 13.5. The highest BCUT2D eigenvalue weighted by molar-refractivity contribution is 6.31. The van der Waals surface area contributed by atoms with E-state index in [1.54, 1.807) is 36.4 Å². The van der Waals surface area contributed by atoms with Gasteiger partial charge in [0.15, 0.2) is 17.2 Å². The largest absolute Gasteiger partial charge is 0.450 e. The molecule has 0 aliphatic rings. The molecule has 0 atom stereocenters. The van der Waals surface area contributed by atoms with Crippen molar-refractivity contribution in [3.8, 4) is 0 Å². The predicted octanol–water partition coefficient (Wildman–Crippen LogP) is 4.65. The SMILES string of the molecule is O=C(Cc1ccccc1Cl)c1cc2cccc(F)c2o1. The fraction of sp³-hybridized carbons (Fsp3) is 0.0625. The van der Waals surface area contributed by atoms with Crippen molar-refractivity contribution in [1.29, 1.82) is 0 Å². The summed E-state index contributed by atoms with van der Waals surface area (Å²) in [6, 6.07) is 13.3. The standard InChI is InChI=1S/C16H10ClFO2/c17-12-6-2-1-4-10(12)8-14(19)15-9-11-5-3-7-13(18)16(11)20-15/h1-7,9H,8H2. The first-order chi connectivity index (χ1) is 9.65. The van der Waals surface area contributed by atoms with Crippen LogP contribution in [-0.2, 0) is 6.42 Å². The zero-order valence-corrected chi connectivity index (χ0v) is 11.2. The second-order valence-electron chi connectivity index (χ2n) is 4.46. The molecule has 2 aromatic carbocycles. The van der Waals surface area contributed by atoms with Gasteiger partial charge >= 0.3 is 0 Å². The fourth-order valence-corrected chi connectivity index (χ4v) is 2.27. The second-order valence-corrected chi connectivity index (χ2v) is 4.87. The van der Waals surface area contributed by atoms with Crippen molar-refractivity contribution in [3.63, 3.8) is 0 Å². The van der Waals surface area contributed by atoms with E-state index in [0.29, 0.717) is 10.4 Å². The van der Waals surface area contributed by atoms with Gasteiger partial charge in [0.05, 0.1) is 0 Å². The Balaban J connectivity index is 1.93. The number of carbonyl (C=O) groups excluding carboxylic acids is 1. The van der Waals surface area contributed by atoms with Gasteiger partial charge in [-0.3, -0.25) is 4.79 Å². The van der Waals surface area contributed by atoms with Crippen molar-refractivity contribution in [2.75, 3.05) is 0 Å². The lowest BCUT2D eigenvalue weighted by atomic mass is 10.1. The number of rotatable bonds is 3. The summed E-state index contributed by atoms with van der Waals surface area (Å²) in [5.41, 5.74) is 0.829. The maximum absolute atomic E-state index is 13.5. The van der Waals surface area contributed by atoms with E-state index in [2.05, 4.69) is 0 Å². The number of ketones is 1. The van der Waals surface area contributed by atoms with Crippen molar-refractivity contribution in [3.05, 3.63) is 70.7 Å². The molecule has 0 fully saturated rings. The van der Waals surface area contributed by atoms with Crippen LogP contribution < -0.4 is 0 Å². The number of hydrogen-bond donors (Lipinski definition) is 0. The average molecular weight is 289 g/mol. The quantitative estimate of drug-likeness (QED) is 0.657. The molecule has 3 rings (SSSR count). The number of carbonyl (C=O) groups is 1. The van der Waals surface area contributed by atoms with Gasteiger partial charge in [-0.05, 0) is 23.8 Å². The van der Waals surface area contributed by atoms with Crippen molar-refractivity contribution in [2.24, 2.45) is 0 Å². The van der Waals surface area contributed by atoms with Gasteiger partial charge in [0, 0.05) is 16.8 Å². The van der Waals surface area contributed by atoms with Crippen LogP contribution in [0.5, 0.6) is 0 Å². The molecule has 0 spiro atoms. The topological polar surface area (TPSA) is 30.2 Å². The number of benzene rings is 2. The van der Waals surface area contributed by atoms with Crippen LogP contribution in [0.3, 0.4) is 0 Å². The minimum Gasteiger partial charge on any atom is -0.450 e. The zero-order chi connectivity index (χ0) is 14.1. The first kappa shape index (κ1) is 12.9. The Hall–Kier alpha value is -2.13. The molecule has 2 nitrogen and oxygen atoms in total. The highest BCUT2D eigenvalue weighted by Gasteiger charge is 2.15. The molecule has 0 aliphatic carbocycles. The van der Waals surface area contributed by atoms with Gasteiger partial charge in [0.2, 0.25) is 5.78 Å². The van der Waals surface area contributed by atoms with E-state index in [1.165, 1.54) is 6.07 Å². The molecule has 3 aromatic rings. The van der Waals surface area contributed by atoms with Gasteiger partial charge in [-0.25, -0.2) is 4.39 Å². The first-order valence-electron chi connectivity index (χ1n) is 6.10. The second kappa shape index (κ2) is 5.10. The van der Waals surface area contributed by atoms with Crippen LogP contribution >= 0.6 is 11.6 Å². The minimum absolute atomic E-state index is 0.106. The Kier molecular flexibility index (Phi) is 3.28. The van der Waals surface area contributed by atoms with Crippen LogP contribution in [0.1, 0.15) is 16.1 Å². The van der Waals surface area contributed by atoms with Crippen molar-refractivity contribution >= 4 is 28.4 Å². The molecule has 0 unspecified atom stereocenters. The van der Waals surface area contributed by atoms with Crippen LogP contribution in [0.25, 0.3) is 11.0 Å². The molecule has 0 bridgehead atoms. The predicted molar refractivity (Wildman–Crippen MR) is 75.7 cm³/mol. The molecule has 0 saturated heterocycles. The number of fused-ring (bicyclic) bond motifs is 1. The van der Waals surface area contributed by atoms with E-state index in [0.717, 1.165) is 5.56 Å². The van der Waals surface area contributed by atoms with Gasteiger partial charge in [-0.15, -0.1) is 0 Å². The normalized spacial score (nSPS) is 10.9. The Bertz CT molecular complexity index is 792. The summed E-state index contributed by atoms with van der Waals surface area (Å²) in [7, 11) is 0. The van der Waals surface area contributed by atoms with Gasteiger partial charge in [0.25, 0.3) is 0 Å². The van der Waals surface area contributed by atoms with Gasteiger partial charge in [-0.2, -0.15) is 0 Å². The zero-order valence-electron chi connectivity index (χ0n) is 10.4. The van der Waals surface area contributed by atoms with Crippen molar-refractivity contribution in [2.45, 2.75) is 6.42 Å². The third-order valence-electron chi connectivity index (χ3n) is 3.08. The van der Waals surface area contributed by atoms with Gasteiger partial charge in [-0.1, -0.05) is 41.9 Å². The Morgan fingerprint density at radius 1 is 1.15 bits per heavy atom. The monoisotopic (exact) mass is 288 g/mol. The summed E-state index contributed by atoms with van der Waals surface area (Å²) in [6.45, 7) is 0. The summed E-state index contributed by atoms with van der Waals surface area (Å²) in [4.78, 5) is 12.2. The highest BCUT2D eigenvalue weighted by atomic mass is 35.5. The molecule has 1 aromatic heterocycles. The minimum atomic E-state index is -0.473. The number of para-hydroxylation sites is 1. The third-order valence-corrected chi connectivity index (χ3v) is 3.45. The Labute approximate surface area is 119 Å². The molecule has 1 heterocycles. The fourth-order valence-electron chi connectivity index (χ4n) is 2.07. The van der Waals surface area contributed by atoms with Crippen LogP contribution in [0.2, 0.25) is 5.02 Å². The number of halogens is 2. The van der Waals surface area contributed by atoms with E-state index >= 15 is 0 Å². The van der Waals surface area contributed by atoms with Crippen LogP contribution in [0, 0.1) is 5.82 Å². The summed E-state index contributed by atoms with van der Waals surface area (Å²) >= 11 is 6.02. The summed E-state index contributed by atoms with van der Waals surface area (Å²) < 4.78 is 18.8. The molecule has 20 heavy (non-hydrogen) atoms. The highest BCUT2D eigenvalue weighted by Crippen LogP contribution is 2.24. The lowest BCUT2D eigenvalue weighted by Gasteiger charge is -2.01. The molecule has 4 heteroatoms. The third kappa shape index (κ3) is 2.32. The molecule has 0 saturated carbocycles. The first-order valence-corrected chi connectivity index (χ1v) is 6.47. The lowest BCUT2D eigenvalue weighted by molar-refractivity contribution is 0.0968. The Morgan fingerprint density at radius 2 is 1.95 bits per heavy atom. The molecular formula is C16H10ClFO2. The van der Waals surface area contributed by atoms with Crippen LogP contribution in [0.4, 0.5) is 4.39 Å². The van der Waals surface area contributed by atoms with E-state index in [9.17, 15) is 9.18 Å². The number of Topliss-reactive ketones (excluding diaryl/α,β-unsaturated/α-hetero) is 1. The summed E-state index contributed by atoms with van der Waals surface area (Å²) in [5.74, 6) is -0.557. The molecule has 100 valence electrons. The van der Waals surface area contributed by atoms with E-state index in [4.69, 9.17) is 16.0 Å². The molecule has 0 N–H and O–H groups in total. The van der Waals surface area contributed by atoms with E-state index < -0.39 is 5.82 Å². The Morgan fingerprint density at radius 3 is 2.70 bits per heavy atom. The van der Waals surface area contributed by atoms with E-state index in [-0.39, 0.29) is 23.5 Å². The van der Waals surface area contributed by atoms with Gasteiger partial charge in [0.1, 0.15) is 0 Å². The lowest BCUT2D eigenvalue weighted by Crippen LogP contribution is -2.02. The average Bonchev–Trinajstić information content (AvgIpc) is 2.87. The number of furan rings is 1. The summed E-state index contributed by atoms with van der Waals surface area (Å²) in [6.07, 6.45) is 0.126. The van der Waals surface area contributed by atoms with Crippen LogP contribution in [-0.4, -0.2) is 5.78 Å². The molecule has 0 amide bonds. The smallest absolute Gasteiger partial charge is 0.202 e. The van der Waals surface area contributed by atoms with E-state index in [1.807, 2.05) is 6.07 Å². The molecular weight excluding hydrogens is 279 g/mol. The summed E-state index contributed by atoms with van der Waals surface area (Å²) in [5, 5.41) is 1.11. The molecule has 0 aliphatic heterocycles. The molecule has 0 radical (unpaired) electrons. The van der Waals surface area contributed by atoms with Crippen molar-refractivity contribution in [1.82, 2.24) is 0 Å². The van der Waals surface area contributed by atoms with Gasteiger partial charge < -0.3 is 4.42 Å². The van der Waals surface area contributed by atoms with Crippen LogP contribution in [0.15, 0.2) is 52.9 Å². The van der Waals surface area contributed by atoms with Crippen molar-refractivity contribution < 1.29 is 13.6 Å². The maximum Gasteiger partial charge on any atom is 0.202 e. The number of hydrogen-bond acceptors (Lipinski definition) is 2.